The second-order valence-corrected chi connectivity index (χ2v) is 5.81. The fourth-order valence-corrected chi connectivity index (χ4v) is 2.70. The van der Waals surface area contributed by atoms with Gasteiger partial charge < -0.3 is 14.6 Å². The van der Waals surface area contributed by atoms with Crippen molar-refractivity contribution in [3.63, 3.8) is 0 Å². The fraction of sp³-hybridized carbons (Fsp3) is 0.0526. The quantitative estimate of drug-likeness (QED) is 0.535. The van der Waals surface area contributed by atoms with Crippen LogP contribution in [0.2, 0.25) is 5.02 Å². The summed E-state index contributed by atoms with van der Waals surface area (Å²) in [4.78, 5) is 4.09. The van der Waals surface area contributed by atoms with Gasteiger partial charge in [-0.1, -0.05) is 41.0 Å². The number of hydrogen-bond acceptors (Lipinski definition) is 5. The van der Waals surface area contributed by atoms with Gasteiger partial charge >= 0.3 is 0 Å². The van der Waals surface area contributed by atoms with Gasteiger partial charge in [0.25, 0.3) is 0 Å². The Balaban J connectivity index is 1.65. The number of nitrogens with zero attached hydrogens (tertiary/aromatic N) is 2. The maximum atomic E-state index is 6.20. The molecule has 0 unspecified atom stereocenters. The molecule has 0 saturated carbocycles. The van der Waals surface area contributed by atoms with Gasteiger partial charge in [0.05, 0.1) is 11.9 Å². The Labute approximate surface area is 149 Å². The molecular weight excluding hydrogens is 338 g/mol. The zero-order valence-electron chi connectivity index (χ0n) is 13.1. The number of aromatic nitrogens is 2. The maximum Gasteiger partial charge on any atom is 0.185 e. The molecule has 2 heterocycles. The second kappa shape index (κ2) is 6.83. The van der Waals surface area contributed by atoms with E-state index in [2.05, 4.69) is 15.5 Å². The molecule has 5 nitrogen and oxygen atoms in total. The molecule has 0 aliphatic rings. The van der Waals surface area contributed by atoms with E-state index in [1.54, 1.807) is 12.4 Å². The SMILES string of the molecule is Clc1ccccc1COc1cccc2onc(Nc3cccnc3)c12. The van der Waals surface area contributed by atoms with Gasteiger partial charge in [-0.2, -0.15) is 0 Å². The Hall–Kier alpha value is -3.05. The molecule has 4 rings (SSSR count). The minimum absolute atomic E-state index is 0.357. The molecule has 25 heavy (non-hydrogen) atoms. The van der Waals surface area contributed by atoms with E-state index in [0.717, 1.165) is 16.6 Å². The van der Waals surface area contributed by atoms with Crippen molar-refractivity contribution in [2.24, 2.45) is 0 Å². The highest BCUT2D eigenvalue weighted by Crippen LogP contribution is 2.34. The van der Waals surface area contributed by atoms with Crippen molar-refractivity contribution in [1.29, 1.82) is 0 Å². The second-order valence-electron chi connectivity index (χ2n) is 5.41. The molecule has 0 aliphatic carbocycles. The van der Waals surface area contributed by atoms with Crippen LogP contribution in [0.5, 0.6) is 5.75 Å². The third kappa shape index (κ3) is 3.27. The van der Waals surface area contributed by atoms with Crippen molar-refractivity contribution in [1.82, 2.24) is 10.1 Å². The predicted molar refractivity (Wildman–Crippen MR) is 97.3 cm³/mol. The van der Waals surface area contributed by atoms with Crippen molar-refractivity contribution in [2.45, 2.75) is 6.61 Å². The highest BCUT2D eigenvalue weighted by atomic mass is 35.5. The number of halogens is 1. The van der Waals surface area contributed by atoms with Crippen molar-refractivity contribution < 1.29 is 9.26 Å². The van der Waals surface area contributed by atoms with E-state index < -0.39 is 0 Å². The van der Waals surface area contributed by atoms with E-state index in [1.807, 2.05) is 54.6 Å². The van der Waals surface area contributed by atoms with Gasteiger partial charge in [0.1, 0.15) is 17.7 Å². The van der Waals surface area contributed by atoms with Crippen molar-refractivity contribution in [3.05, 3.63) is 77.6 Å². The molecule has 0 aliphatic heterocycles. The summed E-state index contributed by atoms with van der Waals surface area (Å²) in [6.45, 7) is 0.357. The Morgan fingerprint density at radius 1 is 1.04 bits per heavy atom. The highest BCUT2D eigenvalue weighted by molar-refractivity contribution is 6.31. The van der Waals surface area contributed by atoms with Crippen LogP contribution in [-0.4, -0.2) is 10.1 Å². The number of hydrogen-bond donors (Lipinski definition) is 1. The van der Waals surface area contributed by atoms with Gasteiger partial charge in [-0.25, -0.2) is 0 Å². The van der Waals surface area contributed by atoms with Gasteiger partial charge in [0.2, 0.25) is 0 Å². The van der Waals surface area contributed by atoms with Crippen LogP contribution in [0.3, 0.4) is 0 Å². The summed E-state index contributed by atoms with van der Waals surface area (Å²) in [5.41, 5.74) is 2.38. The molecule has 2 aromatic heterocycles. The van der Waals surface area contributed by atoms with Crippen LogP contribution in [-0.2, 0) is 6.61 Å². The van der Waals surface area contributed by atoms with Crippen molar-refractivity contribution in [3.8, 4) is 5.75 Å². The van der Waals surface area contributed by atoms with E-state index in [4.69, 9.17) is 20.9 Å². The minimum atomic E-state index is 0.357. The fourth-order valence-electron chi connectivity index (χ4n) is 2.51. The Bertz CT molecular complexity index is 1000. The molecule has 0 spiro atoms. The summed E-state index contributed by atoms with van der Waals surface area (Å²) in [5, 5.41) is 8.76. The standard InChI is InChI=1S/C19H14ClN3O2/c20-15-7-2-1-5-13(15)12-24-16-8-3-9-17-18(16)19(23-25-17)22-14-6-4-10-21-11-14/h1-11H,12H2,(H,22,23). The topological polar surface area (TPSA) is 60.2 Å². The average molecular weight is 352 g/mol. The monoisotopic (exact) mass is 351 g/mol. The number of nitrogens with one attached hydrogen (secondary N) is 1. The molecule has 0 atom stereocenters. The van der Waals surface area contributed by atoms with Crippen LogP contribution < -0.4 is 10.1 Å². The third-order valence-electron chi connectivity index (χ3n) is 3.73. The van der Waals surface area contributed by atoms with Gasteiger partial charge in [0.15, 0.2) is 11.4 Å². The first kappa shape index (κ1) is 15.5. The Kier molecular flexibility index (Phi) is 4.23. The molecule has 0 radical (unpaired) electrons. The van der Waals surface area contributed by atoms with Gasteiger partial charge in [0, 0.05) is 16.8 Å². The summed E-state index contributed by atoms with van der Waals surface area (Å²) >= 11 is 6.20. The molecular formula is C19H14ClN3O2. The molecule has 6 heteroatoms. The third-order valence-corrected chi connectivity index (χ3v) is 4.09. The summed E-state index contributed by atoms with van der Waals surface area (Å²) in [5.74, 6) is 1.25. The molecule has 0 amide bonds. The van der Waals surface area contributed by atoms with E-state index in [1.165, 1.54) is 0 Å². The molecule has 2 aromatic carbocycles. The zero-order valence-corrected chi connectivity index (χ0v) is 13.9. The normalized spacial score (nSPS) is 10.8. The van der Waals surface area contributed by atoms with Crippen LogP contribution in [0.15, 0.2) is 71.5 Å². The number of anilines is 2. The Morgan fingerprint density at radius 2 is 1.96 bits per heavy atom. The molecule has 0 bridgehead atoms. The summed E-state index contributed by atoms with van der Waals surface area (Å²) in [6, 6.07) is 16.9. The zero-order chi connectivity index (χ0) is 17.1. The van der Waals surface area contributed by atoms with Crippen molar-refractivity contribution in [2.75, 3.05) is 5.32 Å². The van der Waals surface area contributed by atoms with E-state index in [9.17, 15) is 0 Å². The minimum Gasteiger partial charge on any atom is -0.488 e. The van der Waals surface area contributed by atoms with E-state index in [0.29, 0.717) is 28.8 Å². The largest absolute Gasteiger partial charge is 0.488 e. The predicted octanol–water partition coefficient (Wildman–Crippen LogP) is 5.20. The first-order valence-electron chi connectivity index (χ1n) is 7.73. The first-order valence-corrected chi connectivity index (χ1v) is 8.11. The average Bonchev–Trinajstić information content (AvgIpc) is 3.05. The first-order chi connectivity index (χ1) is 12.3. The number of pyridine rings is 1. The number of ether oxygens (including phenoxy) is 1. The van der Waals surface area contributed by atoms with Gasteiger partial charge in [-0.05, 0) is 30.3 Å². The maximum absolute atomic E-state index is 6.20. The van der Waals surface area contributed by atoms with Gasteiger partial charge in [-0.3, -0.25) is 4.98 Å². The molecule has 4 aromatic rings. The molecule has 124 valence electrons. The van der Waals surface area contributed by atoms with Crippen LogP contribution in [0, 0.1) is 0 Å². The van der Waals surface area contributed by atoms with Crippen LogP contribution in [0.25, 0.3) is 11.0 Å². The van der Waals surface area contributed by atoms with Crippen LogP contribution in [0.4, 0.5) is 11.5 Å². The lowest BCUT2D eigenvalue weighted by Crippen LogP contribution is -1.98. The highest BCUT2D eigenvalue weighted by Gasteiger charge is 2.14. The summed E-state index contributed by atoms with van der Waals surface area (Å²) in [7, 11) is 0. The lowest BCUT2D eigenvalue weighted by Gasteiger charge is -2.09. The van der Waals surface area contributed by atoms with E-state index in [-0.39, 0.29) is 0 Å². The molecule has 0 fully saturated rings. The smallest absolute Gasteiger partial charge is 0.185 e. The van der Waals surface area contributed by atoms with Crippen molar-refractivity contribution >= 4 is 34.1 Å². The lowest BCUT2D eigenvalue weighted by atomic mass is 10.2. The van der Waals surface area contributed by atoms with Crippen LogP contribution >= 0.6 is 11.6 Å². The molecule has 0 saturated heterocycles. The number of benzene rings is 2. The van der Waals surface area contributed by atoms with E-state index >= 15 is 0 Å². The Morgan fingerprint density at radius 3 is 2.80 bits per heavy atom. The van der Waals surface area contributed by atoms with Gasteiger partial charge in [-0.15, -0.1) is 0 Å². The van der Waals surface area contributed by atoms with Crippen LogP contribution in [0.1, 0.15) is 5.56 Å². The number of fused-ring (bicyclic) bond motifs is 1. The number of rotatable bonds is 5. The lowest BCUT2D eigenvalue weighted by molar-refractivity contribution is 0.310. The summed E-state index contributed by atoms with van der Waals surface area (Å²) in [6.07, 6.45) is 3.43. The molecule has 1 N–H and O–H groups in total. The summed E-state index contributed by atoms with van der Waals surface area (Å²) < 4.78 is 11.4.